The first-order valence-electron chi connectivity index (χ1n) is 6.80. The molecular weight excluding hydrogens is 288 g/mol. The van der Waals surface area contributed by atoms with Crippen LogP contribution in [-0.4, -0.2) is 17.1 Å². The number of H-pyrrole nitrogens is 1. The number of para-hydroxylation sites is 2. The van der Waals surface area contributed by atoms with Crippen molar-refractivity contribution in [3.05, 3.63) is 59.4 Å². The fourth-order valence-corrected chi connectivity index (χ4v) is 2.36. The van der Waals surface area contributed by atoms with Crippen LogP contribution < -0.4 is 10.5 Å². The number of imidazole rings is 1. The number of fused-ring (bicyclic) bond motifs is 1. The first-order valence-corrected chi connectivity index (χ1v) is 6.80. The third kappa shape index (κ3) is 2.65. The van der Waals surface area contributed by atoms with Crippen LogP contribution in [0.1, 0.15) is 17.4 Å². The number of benzene rings is 2. The molecule has 0 fully saturated rings. The van der Waals surface area contributed by atoms with Gasteiger partial charge < -0.3 is 15.5 Å². The molecule has 3 rings (SSSR count). The van der Waals surface area contributed by atoms with Crippen LogP contribution >= 0.6 is 0 Å². The number of methoxy groups -OCH3 is 1. The number of nitrogens with one attached hydrogen (secondary N) is 1. The Balaban J connectivity index is 1.89. The summed E-state index contributed by atoms with van der Waals surface area (Å²) in [7, 11) is 1.36. The van der Waals surface area contributed by atoms with Gasteiger partial charge in [0.15, 0.2) is 0 Å². The smallest absolute Gasteiger partial charge is 0.133 e. The summed E-state index contributed by atoms with van der Waals surface area (Å²) in [6.45, 7) is 0. The van der Waals surface area contributed by atoms with E-state index in [-0.39, 0.29) is 17.7 Å². The number of aromatic amines is 1. The Kier molecular flexibility index (Phi) is 3.77. The number of hydrogen-bond donors (Lipinski definition) is 2. The van der Waals surface area contributed by atoms with E-state index < -0.39 is 17.7 Å². The van der Waals surface area contributed by atoms with E-state index in [0.717, 1.165) is 23.2 Å². The fraction of sp³-hybridized carbons (Fsp3) is 0.188. The maximum Gasteiger partial charge on any atom is 0.133 e. The Morgan fingerprint density at radius 3 is 2.55 bits per heavy atom. The van der Waals surface area contributed by atoms with Crippen LogP contribution in [0.4, 0.5) is 8.78 Å². The Labute approximate surface area is 125 Å². The van der Waals surface area contributed by atoms with Crippen molar-refractivity contribution in [2.75, 3.05) is 7.11 Å². The number of halogens is 2. The monoisotopic (exact) mass is 303 g/mol. The van der Waals surface area contributed by atoms with Gasteiger partial charge in [-0.3, -0.25) is 0 Å². The maximum absolute atomic E-state index is 14.0. The normalized spacial score (nSPS) is 12.5. The summed E-state index contributed by atoms with van der Waals surface area (Å²) < 4.78 is 32.8. The molecule has 0 saturated heterocycles. The van der Waals surface area contributed by atoms with E-state index in [4.69, 9.17) is 10.5 Å². The van der Waals surface area contributed by atoms with E-state index in [2.05, 4.69) is 9.97 Å². The molecule has 1 unspecified atom stereocenters. The van der Waals surface area contributed by atoms with Crippen molar-refractivity contribution < 1.29 is 13.5 Å². The van der Waals surface area contributed by atoms with E-state index in [0.29, 0.717) is 5.82 Å². The minimum absolute atomic E-state index is 0.00147. The van der Waals surface area contributed by atoms with Gasteiger partial charge in [-0.25, -0.2) is 13.8 Å². The van der Waals surface area contributed by atoms with Crippen molar-refractivity contribution in [3.8, 4) is 5.75 Å². The highest BCUT2D eigenvalue weighted by Gasteiger charge is 2.18. The van der Waals surface area contributed by atoms with E-state index in [1.165, 1.54) is 7.11 Å². The molecule has 1 heterocycles. The Hall–Kier alpha value is -2.47. The molecule has 0 amide bonds. The van der Waals surface area contributed by atoms with Crippen LogP contribution in [0.2, 0.25) is 0 Å². The summed E-state index contributed by atoms with van der Waals surface area (Å²) >= 11 is 0. The number of aromatic nitrogens is 2. The van der Waals surface area contributed by atoms with Crippen LogP contribution in [-0.2, 0) is 6.42 Å². The van der Waals surface area contributed by atoms with Crippen molar-refractivity contribution in [1.82, 2.24) is 9.97 Å². The molecule has 4 nitrogen and oxygen atoms in total. The summed E-state index contributed by atoms with van der Waals surface area (Å²) in [5, 5.41) is 0. The summed E-state index contributed by atoms with van der Waals surface area (Å²) in [6, 6.07) is 9.10. The highest BCUT2D eigenvalue weighted by atomic mass is 19.1. The Bertz CT molecular complexity index is 760. The lowest BCUT2D eigenvalue weighted by Gasteiger charge is -2.11. The number of ether oxygens (including phenoxy) is 1. The fourth-order valence-electron chi connectivity index (χ4n) is 2.36. The summed E-state index contributed by atoms with van der Waals surface area (Å²) in [5.74, 6) is -0.723. The molecule has 0 bridgehead atoms. The molecule has 0 radical (unpaired) electrons. The van der Waals surface area contributed by atoms with Crippen LogP contribution in [0.15, 0.2) is 36.4 Å². The van der Waals surface area contributed by atoms with Gasteiger partial charge in [0.25, 0.3) is 0 Å². The second kappa shape index (κ2) is 5.73. The van der Waals surface area contributed by atoms with Gasteiger partial charge in [-0.1, -0.05) is 12.1 Å². The minimum Gasteiger partial charge on any atom is -0.497 e. The van der Waals surface area contributed by atoms with E-state index in [1.54, 1.807) is 0 Å². The van der Waals surface area contributed by atoms with E-state index in [1.807, 2.05) is 24.3 Å². The van der Waals surface area contributed by atoms with Crippen molar-refractivity contribution >= 4 is 11.0 Å². The van der Waals surface area contributed by atoms with Crippen LogP contribution in [0.25, 0.3) is 11.0 Å². The quantitative estimate of drug-likeness (QED) is 0.778. The molecule has 1 atom stereocenters. The average molecular weight is 303 g/mol. The van der Waals surface area contributed by atoms with Gasteiger partial charge in [-0.05, 0) is 12.1 Å². The molecule has 0 spiro atoms. The van der Waals surface area contributed by atoms with E-state index >= 15 is 0 Å². The Morgan fingerprint density at radius 1 is 1.23 bits per heavy atom. The topological polar surface area (TPSA) is 63.9 Å². The molecule has 0 aliphatic heterocycles. The highest BCUT2D eigenvalue weighted by Crippen LogP contribution is 2.24. The molecule has 6 heteroatoms. The Morgan fingerprint density at radius 2 is 1.91 bits per heavy atom. The third-order valence-corrected chi connectivity index (χ3v) is 3.53. The van der Waals surface area contributed by atoms with Crippen LogP contribution in [0.5, 0.6) is 5.75 Å². The number of rotatable bonds is 4. The second-order valence-electron chi connectivity index (χ2n) is 5.02. The van der Waals surface area contributed by atoms with Gasteiger partial charge in [0, 0.05) is 24.1 Å². The predicted molar refractivity (Wildman–Crippen MR) is 79.6 cm³/mol. The average Bonchev–Trinajstić information content (AvgIpc) is 2.94. The van der Waals surface area contributed by atoms with Gasteiger partial charge in [-0.2, -0.15) is 0 Å². The lowest BCUT2D eigenvalue weighted by molar-refractivity contribution is 0.404. The van der Waals surface area contributed by atoms with Gasteiger partial charge in [-0.15, -0.1) is 0 Å². The van der Waals surface area contributed by atoms with Gasteiger partial charge in [0.05, 0.1) is 24.2 Å². The number of hydrogen-bond acceptors (Lipinski definition) is 3. The molecule has 0 aliphatic carbocycles. The molecule has 2 aromatic carbocycles. The lowest BCUT2D eigenvalue weighted by Crippen LogP contribution is -2.16. The van der Waals surface area contributed by atoms with Gasteiger partial charge >= 0.3 is 0 Å². The summed E-state index contributed by atoms with van der Waals surface area (Å²) in [6.07, 6.45) is 0.00147. The molecule has 3 aromatic rings. The van der Waals surface area contributed by atoms with Gasteiger partial charge in [0.1, 0.15) is 23.2 Å². The van der Waals surface area contributed by atoms with Crippen molar-refractivity contribution in [2.24, 2.45) is 5.73 Å². The summed E-state index contributed by atoms with van der Waals surface area (Å²) in [5.41, 5.74) is 7.57. The molecule has 3 N–H and O–H groups in total. The standard InChI is InChI=1S/C16H15F2N3O/c1-22-9-6-11(17)10(12(18)7-9)8-13(19)16-20-14-4-2-3-5-15(14)21-16/h2-7,13H,8,19H2,1H3,(H,20,21). The third-order valence-electron chi connectivity index (χ3n) is 3.53. The number of nitrogens with two attached hydrogens (primary N) is 1. The molecule has 1 aromatic heterocycles. The number of nitrogens with zero attached hydrogens (tertiary/aromatic N) is 1. The van der Waals surface area contributed by atoms with Crippen LogP contribution in [0.3, 0.4) is 0 Å². The maximum atomic E-state index is 14.0. The lowest BCUT2D eigenvalue weighted by atomic mass is 10.0. The van der Waals surface area contributed by atoms with E-state index in [9.17, 15) is 8.78 Å². The second-order valence-corrected chi connectivity index (χ2v) is 5.02. The molecule has 0 aliphatic rings. The zero-order chi connectivity index (χ0) is 15.7. The molecular formula is C16H15F2N3O. The highest BCUT2D eigenvalue weighted by molar-refractivity contribution is 5.74. The summed E-state index contributed by atoms with van der Waals surface area (Å²) in [4.78, 5) is 7.42. The molecule has 0 saturated carbocycles. The van der Waals surface area contributed by atoms with Crippen LogP contribution in [0, 0.1) is 11.6 Å². The van der Waals surface area contributed by atoms with Crippen molar-refractivity contribution in [1.29, 1.82) is 0 Å². The predicted octanol–water partition coefficient (Wildman–Crippen LogP) is 3.09. The first-order chi connectivity index (χ1) is 10.6. The SMILES string of the molecule is COc1cc(F)c(CC(N)c2nc3ccccc3[nH]2)c(F)c1. The van der Waals surface area contributed by atoms with Crippen molar-refractivity contribution in [2.45, 2.75) is 12.5 Å². The largest absolute Gasteiger partial charge is 0.497 e. The molecule has 22 heavy (non-hydrogen) atoms. The first kappa shape index (κ1) is 14.5. The molecule has 114 valence electrons. The zero-order valence-corrected chi connectivity index (χ0v) is 11.9. The van der Waals surface area contributed by atoms with Crippen molar-refractivity contribution in [3.63, 3.8) is 0 Å². The van der Waals surface area contributed by atoms with Gasteiger partial charge in [0.2, 0.25) is 0 Å². The minimum atomic E-state index is -0.677. The zero-order valence-electron chi connectivity index (χ0n) is 11.9.